The summed E-state index contributed by atoms with van der Waals surface area (Å²) >= 11 is 2.76. The number of imidazole rings is 1. The van der Waals surface area contributed by atoms with Gasteiger partial charge < -0.3 is 14.9 Å². The van der Waals surface area contributed by atoms with Crippen LogP contribution in [-0.2, 0) is 11.2 Å². The lowest BCUT2D eigenvalue weighted by molar-refractivity contribution is -0.138. The maximum atomic E-state index is 13.4. The zero-order chi connectivity index (χ0) is 26.3. The molecular weight excluding hydrogens is 515 g/mol. The third-order valence-electron chi connectivity index (χ3n) is 6.46. The number of hydrogen-bond donors (Lipinski definition) is 1. The summed E-state index contributed by atoms with van der Waals surface area (Å²) in [5.74, 6) is -0.401. The van der Waals surface area contributed by atoms with E-state index in [9.17, 15) is 14.4 Å². The molecule has 1 saturated heterocycles. The third kappa shape index (κ3) is 4.75. The monoisotopic (exact) mass is 540 g/mol. The number of thiazole rings is 1. The van der Waals surface area contributed by atoms with E-state index >= 15 is 0 Å². The van der Waals surface area contributed by atoms with Crippen LogP contribution in [-0.4, -0.2) is 75.3 Å². The van der Waals surface area contributed by atoms with E-state index in [1.165, 1.54) is 34.8 Å². The topological polar surface area (TPSA) is 114 Å². The van der Waals surface area contributed by atoms with E-state index in [2.05, 4.69) is 11.0 Å². The Balaban J connectivity index is 1.46. The molecular formula is C24H25FN8O2S2. The van der Waals surface area contributed by atoms with E-state index in [-0.39, 0.29) is 18.4 Å². The first-order chi connectivity index (χ1) is 17.8. The molecule has 1 aromatic carbocycles. The number of benzene rings is 1. The molecule has 4 heterocycles. The summed E-state index contributed by atoms with van der Waals surface area (Å²) in [6.07, 6.45) is 1.55. The first-order valence-corrected chi connectivity index (χ1v) is 13.4. The van der Waals surface area contributed by atoms with Crippen LogP contribution in [0.15, 0.2) is 24.3 Å². The van der Waals surface area contributed by atoms with Gasteiger partial charge in [-0.1, -0.05) is 29.6 Å². The number of anilines is 3. The number of fused-ring (bicyclic) bond motifs is 1. The molecule has 1 N–H and O–H groups in total. The summed E-state index contributed by atoms with van der Waals surface area (Å²) < 4.78 is 15.2. The maximum Gasteiger partial charge on any atom is 0.317 e. The largest absolute Gasteiger partial charge is 0.480 e. The van der Waals surface area contributed by atoms with Crippen molar-refractivity contribution in [1.29, 1.82) is 5.26 Å². The molecule has 0 aliphatic carbocycles. The molecule has 0 spiro atoms. The Labute approximate surface area is 220 Å². The van der Waals surface area contributed by atoms with Crippen LogP contribution in [0.2, 0.25) is 0 Å². The summed E-state index contributed by atoms with van der Waals surface area (Å²) in [5, 5.41) is 25.1. The van der Waals surface area contributed by atoms with Crippen LogP contribution in [0.4, 0.5) is 20.5 Å². The van der Waals surface area contributed by atoms with Gasteiger partial charge in [0.15, 0.2) is 10.9 Å². The number of halogens is 1. The molecule has 1 fully saturated rings. The predicted molar refractivity (Wildman–Crippen MR) is 141 cm³/mol. The smallest absolute Gasteiger partial charge is 0.317 e. The molecule has 5 rings (SSSR count). The lowest BCUT2D eigenvalue weighted by Gasteiger charge is -2.22. The van der Waals surface area contributed by atoms with Gasteiger partial charge in [0.25, 0.3) is 0 Å². The lowest BCUT2D eigenvalue weighted by Crippen LogP contribution is -2.37. The fourth-order valence-electron chi connectivity index (χ4n) is 4.51. The molecule has 192 valence electrons. The first kappa shape index (κ1) is 25.1. The van der Waals surface area contributed by atoms with Gasteiger partial charge in [-0.25, -0.2) is 14.4 Å². The van der Waals surface area contributed by atoms with E-state index in [4.69, 9.17) is 20.2 Å². The number of nitrogens with zero attached hydrogens (tertiary/aromatic N) is 8. The molecule has 1 aliphatic heterocycles. The molecule has 37 heavy (non-hydrogen) atoms. The number of likely N-dealkylation sites (N-methyl/N-ethyl adjacent to an activating group) is 1. The highest BCUT2D eigenvalue weighted by Gasteiger charge is 2.30. The molecule has 1 atom stereocenters. The number of aliphatic carboxylic acids is 1. The van der Waals surface area contributed by atoms with E-state index in [1.54, 1.807) is 12.1 Å². The average Bonchev–Trinajstić information content (AvgIpc) is 3.65. The molecule has 13 heteroatoms. The summed E-state index contributed by atoms with van der Waals surface area (Å²) in [4.78, 5) is 27.8. The highest BCUT2D eigenvalue weighted by atomic mass is 32.1. The Bertz CT molecular complexity index is 1490. The Morgan fingerprint density at radius 2 is 2.03 bits per heavy atom. The van der Waals surface area contributed by atoms with Crippen LogP contribution in [0, 0.1) is 17.1 Å². The van der Waals surface area contributed by atoms with Crippen LogP contribution < -0.4 is 9.80 Å². The second-order valence-corrected chi connectivity index (χ2v) is 10.8. The number of carboxylic acids is 1. The molecule has 4 aromatic rings. The highest BCUT2D eigenvalue weighted by Crippen LogP contribution is 2.38. The van der Waals surface area contributed by atoms with Crippen molar-refractivity contribution >= 4 is 49.7 Å². The average molecular weight is 541 g/mol. The molecule has 1 unspecified atom stereocenters. The van der Waals surface area contributed by atoms with Crippen LogP contribution in [0.3, 0.4) is 0 Å². The minimum atomic E-state index is -0.835. The van der Waals surface area contributed by atoms with Gasteiger partial charge >= 0.3 is 5.97 Å². The van der Waals surface area contributed by atoms with Gasteiger partial charge in [-0.15, -0.1) is 5.10 Å². The van der Waals surface area contributed by atoms with Crippen molar-refractivity contribution in [2.45, 2.75) is 25.8 Å². The quantitative estimate of drug-likeness (QED) is 0.356. The zero-order valence-electron chi connectivity index (χ0n) is 20.5. The Morgan fingerprint density at radius 3 is 2.70 bits per heavy atom. The summed E-state index contributed by atoms with van der Waals surface area (Å²) in [6, 6.07) is 8.30. The maximum absolute atomic E-state index is 13.4. The minimum absolute atomic E-state index is 0.00685. The molecule has 0 bridgehead atoms. The van der Waals surface area contributed by atoms with Gasteiger partial charge in [-0.3, -0.25) is 9.69 Å². The number of rotatable bonds is 8. The fraction of sp³-hybridized carbons (Fsp3) is 0.375. The van der Waals surface area contributed by atoms with Crippen molar-refractivity contribution in [3.8, 4) is 17.3 Å². The molecule has 0 saturated carbocycles. The number of aromatic nitrogens is 4. The van der Waals surface area contributed by atoms with Crippen LogP contribution in [0.5, 0.6) is 0 Å². The van der Waals surface area contributed by atoms with Gasteiger partial charge in [-0.2, -0.15) is 9.78 Å². The number of carbonyl (C=O) groups is 1. The van der Waals surface area contributed by atoms with Gasteiger partial charge in [0, 0.05) is 31.7 Å². The first-order valence-electron chi connectivity index (χ1n) is 11.7. The fourth-order valence-corrected chi connectivity index (χ4v) is 6.31. The molecule has 3 aromatic heterocycles. The van der Waals surface area contributed by atoms with E-state index in [0.29, 0.717) is 34.2 Å². The summed E-state index contributed by atoms with van der Waals surface area (Å²) in [5.41, 5.74) is 2.06. The van der Waals surface area contributed by atoms with Crippen molar-refractivity contribution in [2.24, 2.45) is 0 Å². The Hall–Kier alpha value is -3.60. The van der Waals surface area contributed by atoms with E-state index < -0.39 is 5.97 Å². The number of hydrogen-bond acceptors (Lipinski definition) is 10. The number of carboxylic acid groups (broad SMARTS) is 1. The minimum Gasteiger partial charge on any atom is -0.480 e. The normalized spacial score (nSPS) is 15.6. The van der Waals surface area contributed by atoms with Gasteiger partial charge in [0.1, 0.15) is 22.5 Å². The van der Waals surface area contributed by atoms with Crippen molar-refractivity contribution in [2.75, 3.05) is 43.5 Å². The SMILES string of the molecule is CCc1nc2sc(N3CCC(N(C)CC(=O)O)C3)nn2c1N(C)c1nc(-c2ccc(F)cc2)c(C#N)s1. The van der Waals surface area contributed by atoms with Crippen LogP contribution in [0.1, 0.15) is 23.9 Å². The summed E-state index contributed by atoms with van der Waals surface area (Å²) in [6.45, 7) is 3.52. The number of nitriles is 1. The predicted octanol–water partition coefficient (Wildman–Crippen LogP) is 3.85. The third-order valence-corrected chi connectivity index (χ3v) is 8.46. The van der Waals surface area contributed by atoms with Crippen molar-refractivity contribution in [3.63, 3.8) is 0 Å². The zero-order valence-corrected chi connectivity index (χ0v) is 22.2. The molecule has 10 nitrogen and oxygen atoms in total. The van der Waals surface area contributed by atoms with E-state index in [0.717, 1.165) is 34.6 Å². The highest BCUT2D eigenvalue weighted by molar-refractivity contribution is 7.20. The van der Waals surface area contributed by atoms with Crippen molar-refractivity contribution < 1.29 is 14.3 Å². The molecule has 0 amide bonds. The standard InChI is InChI=1S/C24H25FN8O2S2/c1-4-17-21(31(3)22-28-20(18(11-26)36-22)14-5-7-15(25)8-6-14)33-23(27-17)37-24(29-33)32-10-9-16(12-32)30(2)13-19(34)35/h5-8,16H,4,9-10,12-13H2,1-3H3,(H,34,35). The van der Waals surface area contributed by atoms with Gasteiger partial charge in [-0.05, 0) is 44.2 Å². The second kappa shape index (κ2) is 10.0. The second-order valence-electron chi connectivity index (χ2n) is 8.86. The van der Waals surface area contributed by atoms with Crippen molar-refractivity contribution in [1.82, 2.24) is 24.5 Å². The Morgan fingerprint density at radius 1 is 1.27 bits per heavy atom. The van der Waals surface area contributed by atoms with Gasteiger partial charge in [0.05, 0.1) is 12.2 Å². The number of aryl methyl sites for hydroxylation is 1. The summed E-state index contributed by atoms with van der Waals surface area (Å²) in [7, 11) is 3.71. The van der Waals surface area contributed by atoms with Gasteiger partial charge in [0.2, 0.25) is 10.1 Å². The Kier molecular flexibility index (Phi) is 6.80. The van der Waals surface area contributed by atoms with Crippen LogP contribution >= 0.6 is 22.7 Å². The molecule has 0 radical (unpaired) electrons. The lowest BCUT2D eigenvalue weighted by atomic mass is 10.1. The van der Waals surface area contributed by atoms with Crippen molar-refractivity contribution in [3.05, 3.63) is 40.7 Å². The van der Waals surface area contributed by atoms with E-state index in [1.807, 2.05) is 35.3 Å². The van der Waals surface area contributed by atoms with Crippen LogP contribution in [0.25, 0.3) is 16.2 Å². The molecule has 1 aliphatic rings.